The van der Waals surface area contributed by atoms with Gasteiger partial charge in [-0.2, -0.15) is 0 Å². The quantitative estimate of drug-likeness (QED) is 0.859. The lowest BCUT2D eigenvalue weighted by Crippen LogP contribution is -2.51. The van der Waals surface area contributed by atoms with E-state index >= 15 is 0 Å². The Hall–Kier alpha value is -0.910. The summed E-state index contributed by atoms with van der Waals surface area (Å²) in [4.78, 5) is 4.75. The summed E-state index contributed by atoms with van der Waals surface area (Å²) in [6, 6.07) is 2.00. The van der Waals surface area contributed by atoms with Gasteiger partial charge in [-0.3, -0.25) is 9.80 Å². The summed E-state index contributed by atoms with van der Waals surface area (Å²) in [5.74, 6) is 0.939. The van der Waals surface area contributed by atoms with Gasteiger partial charge in [0.25, 0.3) is 0 Å². The fourth-order valence-electron chi connectivity index (χ4n) is 2.71. The molecule has 1 aliphatic rings. The van der Waals surface area contributed by atoms with Crippen LogP contribution in [-0.4, -0.2) is 58.4 Å². The van der Waals surface area contributed by atoms with E-state index in [0.29, 0.717) is 0 Å². The molecule has 0 aliphatic carbocycles. The molecule has 1 fully saturated rings. The number of aromatic nitrogens is 1. The molecule has 1 aromatic rings. The maximum atomic E-state index is 10.4. The van der Waals surface area contributed by atoms with Crippen LogP contribution in [0.15, 0.2) is 10.6 Å². The standard InChI is InChI=1S/C15H27N3O2/c1-4-15(19,5-2)12-18-8-6-17(7-9-18)11-14-10-13(3)16-20-14/h10,19H,4-9,11-12H2,1-3H3. The third-order valence-corrected chi connectivity index (χ3v) is 4.36. The molecule has 0 amide bonds. The van der Waals surface area contributed by atoms with Gasteiger partial charge in [-0.25, -0.2) is 0 Å². The molecular formula is C15H27N3O2. The maximum Gasteiger partial charge on any atom is 0.150 e. The number of nitrogens with zero attached hydrogens (tertiary/aromatic N) is 3. The van der Waals surface area contributed by atoms with Crippen LogP contribution in [-0.2, 0) is 6.54 Å². The first kappa shape index (κ1) is 15.5. The van der Waals surface area contributed by atoms with Crippen molar-refractivity contribution in [3.05, 3.63) is 17.5 Å². The highest BCUT2D eigenvalue weighted by molar-refractivity contribution is 5.03. The highest BCUT2D eigenvalue weighted by Gasteiger charge is 2.27. The second kappa shape index (κ2) is 6.70. The number of aliphatic hydroxyl groups is 1. The number of rotatable bonds is 6. The van der Waals surface area contributed by atoms with Gasteiger partial charge in [0.05, 0.1) is 17.8 Å². The molecule has 0 bridgehead atoms. The number of hydrogen-bond acceptors (Lipinski definition) is 5. The summed E-state index contributed by atoms with van der Waals surface area (Å²) in [6.45, 7) is 11.7. The van der Waals surface area contributed by atoms with Crippen LogP contribution in [0.2, 0.25) is 0 Å². The average Bonchev–Trinajstić information content (AvgIpc) is 2.86. The molecule has 2 heterocycles. The van der Waals surface area contributed by atoms with Gasteiger partial charge in [0.1, 0.15) is 0 Å². The highest BCUT2D eigenvalue weighted by Crippen LogP contribution is 2.18. The molecule has 114 valence electrons. The van der Waals surface area contributed by atoms with E-state index in [0.717, 1.165) is 63.6 Å². The Morgan fingerprint density at radius 2 is 1.80 bits per heavy atom. The van der Waals surface area contributed by atoms with Crippen molar-refractivity contribution in [2.24, 2.45) is 0 Å². The van der Waals surface area contributed by atoms with Gasteiger partial charge >= 0.3 is 0 Å². The summed E-state index contributed by atoms with van der Waals surface area (Å²) >= 11 is 0. The highest BCUT2D eigenvalue weighted by atomic mass is 16.5. The van der Waals surface area contributed by atoms with Crippen molar-refractivity contribution in [1.29, 1.82) is 0 Å². The van der Waals surface area contributed by atoms with Gasteiger partial charge in [0.15, 0.2) is 5.76 Å². The largest absolute Gasteiger partial charge is 0.389 e. The minimum atomic E-state index is -0.524. The molecule has 1 saturated heterocycles. The van der Waals surface area contributed by atoms with E-state index in [4.69, 9.17) is 4.52 Å². The third kappa shape index (κ3) is 4.04. The van der Waals surface area contributed by atoms with Crippen molar-refractivity contribution in [2.75, 3.05) is 32.7 Å². The Morgan fingerprint density at radius 3 is 2.30 bits per heavy atom. The zero-order chi connectivity index (χ0) is 14.6. The molecule has 20 heavy (non-hydrogen) atoms. The number of β-amino-alcohol motifs (C(OH)–C–C–N with tert-alkyl or cyclic N) is 1. The summed E-state index contributed by atoms with van der Waals surface area (Å²) in [6.07, 6.45) is 1.64. The third-order valence-electron chi connectivity index (χ3n) is 4.36. The lowest BCUT2D eigenvalue weighted by molar-refractivity contribution is -0.0167. The molecule has 1 aromatic heterocycles. The van der Waals surface area contributed by atoms with Crippen molar-refractivity contribution in [3.8, 4) is 0 Å². The smallest absolute Gasteiger partial charge is 0.150 e. The molecule has 5 nitrogen and oxygen atoms in total. The van der Waals surface area contributed by atoms with Crippen molar-refractivity contribution in [3.63, 3.8) is 0 Å². The fourth-order valence-corrected chi connectivity index (χ4v) is 2.71. The second-order valence-corrected chi connectivity index (χ2v) is 5.92. The molecule has 0 unspecified atom stereocenters. The Kier molecular flexibility index (Phi) is 5.18. The van der Waals surface area contributed by atoms with Crippen LogP contribution in [0.3, 0.4) is 0 Å². The Labute approximate surface area is 121 Å². The summed E-state index contributed by atoms with van der Waals surface area (Å²) in [5, 5.41) is 14.3. The molecule has 2 rings (SSSR count). The van der Waals surface area contributed by atoms with Crippen molar-refractivity contribution >= 4 is 0 Å². The first-order chi connectivity index (χ1) is 9.54. The van der Waals surface area contributed by atoms with Crippen LogP contribution >= 0.6 is 0 Å². The van der Waals surface area contributed by atoms with E-state index in [2.05, 4.69) is 28.8 Å². The van der Waals surface area contributed by atoms with Crippen LogP contribution in [0.5, 0.6) is 0 Å². The van der Waals surface area contributed by atoms with Gasteiger partial charge in [-0.1, -0.05) is 19.0 Å². The SMILES string of the molecule is CCC(O)(CC)CN1CCN(Cc2cc(C)no2)CC1. The van der Waals surface area contributed by atoms with Crippen LogP contribution in [0.1, 0.15) is 38.1 Å². The Morgan fingerprint density at radius 1 is 1.20 bits per heavy atom. The first-order valence-electron chi connectivity index (χ1n) is 7.64. The van der Waals surface area contributed by atoms with Crippen molar-refractivity contribution in [2.45, 2.75) is 45.8 Å². The van der Waals surface area contributed by atoms with E-state index in [9.17, 15) is 5.11 Å². The minimum Gasteiger partial charge on any atom is -0.389 e. The fraction of sp³-hybridized carbons (Fsp3) is 0.800. The molecular weight excluding hydrogens is 254 g/mol. The molecule has 0 radical (unpaired) electrons. The molecule has 1 N–H and O–H groups in total. The zero-order valence-electron chi connectivity index (χ0n) is 12.9. The molecule has 0 spiro atoms. The monoisotopic (exact) mass is 281 g/mol. The predicted octanol–water partition coefficient (Wildman–Crippen LogP) is 1.65. The van der Waals surface area contributed by atoms with Crippen LogP contribution in [0, 0.1) is 6.92 Å². The molecule has 1 aliphatic heterocycles. The van der Waals surface area contributed by atoms with E-state index in [1.54, 1.807) is 0 Å². The molecule has 0 saturated carbocycles. The molecule has 5 heteroatoms. The zero-order valence-corrected chi connectivity index (χ0v) is 12.9. The van der Waals surface area contributed by atoms with Gasteiger partial charge in [-0.05, 0) is 19.8 Å². The molecule has 0 atom stereocenters. The van der Waals surface area contributed by atoms with Gasteiger partial charge in [-0.15, -0.1) is 0 Å². The van der Waals surface area contributed by atoms with Crippen molar-refractivity contribution < 1.29 is 9.63 Å². The number of hydrogen-bond donors (Lipinski definition) is 1. The Bertz CT molecular complexity index is 407. The topological polar surface area (TPSA) is 52.7 Å². The van der Waals surface area contributed by atoms with E-state index in [-0.39, 0.29) is 0 Å². The summed E-state index contributed by atoms with van der Waals surface area (Å²) < 4.78 is 5.26. The first-order valence-corrected chi connectivity index (χ1v) is 7.64. The Balaban J connectivity index is 1.77. The van der Waals surface area contributed by atoms with Gasteiger partial charge in [0.2, 0.25) is 0 Å². The van der Waals surface area contributed by atoms with Gasteiger partial charge in [0, 0.05) is 38.8 Å². The summed E-state index contributed by atoms with van der Waals surface area (Å²) in [5.41, 5.74) is 0.416. The lowest BCUT2D eigenvalue weighted by Gasteiger charge is -2.38. The van der Waals surface area contributed by atoms with Crippen LogP contribution < -0.4 is 0 Å². The van der Waals surface area contributed by atoms with Crippen LogP contribution in [0.4, 0.5) is 0 Å². The summed E-state index contributed by atoms with van der Waals surface area (Å²) in [7, 11) is 0. The number of aryl methyl sites for hydroxylation is 1. The van der Waals surface area contributed by atoms with Crippen LogP contribution in [0.25, 0.3) is 0 Å². The van der Waals surface area contributed by atoms with Gasteiger partial charge < -0.3 is 9.63 Å². The van der Waals surface area contributed by atoms with E-state index in [1.165, 1.54) is 0 Å². The second-order valence-electron chi connectivity index (χ2n) is 5.92. The minimum absolute atomic E-state index is 0.524. The lowest BCUT2D eigenvalue weighted by atomic mass is 9.96. The average molecular weight is 281 g/mol. The predicted molar refractivity (Wildman–Crippen MR) is 78.5 cm³/mol. The molecule has 0 aromatic carbocycles. The normalized spacial score (nSPS) is 18.6. The maximum absolute atomic E-state index is 10.4. The van der Waals surface area contributed by atoms with Crippen molar-refractivity contribution in [1.82, 2.24) is 15.0 Å². The number of piperazine rings is 1. The van der Waals surface area contributed by atoms with E-state index < -0.39 is 5.60 Å². The van der Waals surface area contributed by atoms with E-state index in [1.807, 2.05) is 13.0 Å².